The van der Waals surface area contributed by atoms with E-state index in [2.05, 4.69) is 4.72 Å². The summed E-state index contributed by atoms with van der Waals surface area (Å²) in [5, 5.41) is 9.78. The lowest BCUT2D eigenvalue weighted by Gasteiger charge is -2.38. The molecular weight excluding hydrogens is 522 g/mol. The Morgan fingerprint density at radius 2 is 1.84 bits per heavy atom. The summed E-state index contributed by atoms with van der Waals surface area (Å²) < 4.78 is 64.7. The topological polar surface area (TPSA) is 143 Å². The van der Waals surface area contributed by atoms with Gasteiger partial charge in [-0.25, -0.2) is 21.1 Å². The number of benzene rings is 2. The number of rotatable bonds is 9. The van der Waals surface area contributed by atoms with E-state index in [4.69, 9.17) is 9.47 Å². The van der Waals surface area contributed by atoms with Crippen LogP contribution in [0.1, 0.15) is 24.2 Å². The maximum absolute atomic E-state index is 13.5. The lowest BCUT2D eigenvalue weighted by atomic mass is 9.99. The van der Waals surface area contributed by atoms with Gasteiger partial charge in [-0.2, -0.15) is 0 Å². The van der Waals surface area contributed by atoms with Crippen LogP contribution in [0.3, 0.4) is 0 Å². The van der Waals surface area contributed by atoms with E-state index in [1.54, 1.807) is 6.92 Å². The molecule has 2 aromatic carbocycles. The molecule has 0 radical (unpaired) electrons. The Hall–Kier alpha value is -2.87. The molecule has 0 saturated carbocycles. The SMILES string of the molecule is COc1ccc(S(=O)(=O)Nc2ccc3c(c2)C(=O)N([C@H](C)CO)C[C@@H](C)[C@@H](CN(C)S(C)(=O)=O)O3)cc1. The molecule has 0 aromatic heterocycles. The summed E-state index contributed by atoms with van der Waals surface area (Å²) in [4.78, 5) is 15.0. The normalized spacial score (nSPS) is 19.4. The number of likely N-dealkylation sites (N-methyl/N-ethyl adjacent to an activating group) is 1. The third-order valence-corrected chi connectivity index (χ3v) is 8.97. The van der Waals surface area contributed by atoms with Gasteiger partial charge >= 0.3 is 0 Å². The van der Waals surface area contributed by atoms with Crippen molar-refractivity contribution >= 4 is 31.6 Å². The molecule has 37 heavy (non-hydrogen) atoms. The first-order valence-corrected chi connectivity index (χ1v) is 14.9. The number of sulfonamides is 2. The maximum Gasteiger partial charge on any atom is 0.261 e. The minimum absolute atomic E-state index is 0.0100. The summed E-state index contributed by atoms with van der Waals surface area (Å²) in [6.45, 7) is 3.49. The van der Waals surface area contributed by atoms with E-state index in [0.29, 0.717) is 5.75 Å². The summed E-state index contributed by atoms with van der Waals surface area (Å²) in [5.41, 5.74) is 0.232. The van der Waals surface area contributed by atoms with Crippen LogP contribution in [0.15, 0.2) is 47.4 Å². The molecule has 1 heterocycles. The van der Waals surface area contributed by atoms with Crippen LogP contribution in [-0.2, 0) is 20.0 Å². The fourth-order valence-electron chi connectivity index (χ4n) is 3.86. The first kappa shape index (κ1) is 28.7. The molecule has 0 spiro atoms. The first-order chi connectivity index (χ1) is 17.3. The molecule has 0 aliphatic carbocycles. The Morgan fingerprint density at radius 3 is 2.41 bits per heavy atom. The maximum atomic E-state index is 13.5. The molecule has 1 amide bonds. The van der Waals surface area contributed by atoms with Gasteiger partial charge in [0.15, 0.2) is 0 Å². The molecule has 0 unspecified atom stereocenters. The van der Waals surface area contributed by atoms with Gasteiger partial charge in [0.05, 0.1) is 43.0 Å². The molecule has 13 heteroatoms. The number of amides is 1. The van der Waals surface area contributed by atoms with Crippen LogP contribution in [0.5, 0.6) is 11.5 Å². The van der Waals surface area contributed by atoms with Crippen LogP contribution in [0.25, 0.3) is 0 Å². The van der Waals surface area contributed by atoms with Crippen LogP contribution in [0, 0.1) is 5.92 Å². The van der Waals surface area contributed by atoms with Crippen molar-refractivity contribution in [2.45, 2.75) is 30.9 Å². The smallest absolute Gasteiger partial charge is 0.261 e. The molecule has 0 saturated heterocycles. The minimum atomic E-state index is -3.97. The highest BCUT2D eigenvalue weighted by Gasteiger charge is 2.34. The third-order valence-electron chi connectivity index (χ3n) is 6.29. The summed E-state index contributed by atoms with van der Waals surface area (Å²) in [6, 6.07) is 9.64. The number of nitrogens with zero attached hydrogens (tertiary/aromatic N) is 2. The van der Waals surface area contributed by atoms with Gasteiger partial charge in [-0.1, -0.05) is 6.92 Å². The second-order valence-corrected chi connectivity index (χ2v) is 12.9. The molecule has 3 atom stereocenters. The van der Waals surface area contributed by atoms with Crippen LogP contribution < -0.4 is 14.2 Å². The van der Waals surface area contributed by atoms with Crippen molar-refractivity contribution in [3.8, 4) is 11.5 Å². The monoisotopic (exact) mass is 555 g/mol. The van der Waals surface area contributed by atoms with Crippen LogP contribution in [0.2, 0.25) is 0 Å². The first-order valence-electron chi connectivity index (χ1n) is 11.6. The van der Waals surface area contributed by atoms with E-state index in [1.165, 1.54) is 65.8 Å². The zero-order chi connectivity index (χ0) is 27.5. The Labute approximate surface area is 218 Å². The average Bonchev–Trinajstić information content (AvgIpc) is 2.85. The molecule has 0 bridgehead atoms. The zero-order valence-corrected chi connectivity index (χ0v) is 23.0. The van der Waals surface area contributed by atoms with Crippen molar-refractivity contribution in [3.63, 3.8) is 0 Å². The molecule has 204 valence electrons. The molecule has 0 fully saturated rings. The number of aliphatic hydroxyl groups is 1. The van der Waals surface area contributed by atoms with Gasteiger partial charge < -0.3 is 19.5 Å². The van der Waals surface area contributed by atoms with Crippen LogP contribution >= 0.6 is 0 Å². The zero-order valence-electron chi connectivity index (χ0n) is 21.4. The van der Waals surface area contributed by atoms with E-state index >= 15 is 0 Å². The lowest BCUT2D eigenvalue weighted by Crippen LogP contribution is -2.50. The Balaban J connectivity index is 2.00. The average molecular weight is 556 g/mol. The molecular formula is C24H33N3O8S2. The lowest BCUT2D eigenvalue weighted by molar-refractivity contribution is 0.0387. The van der Waals surface area contributed by atoms with Crippen molar-refractivity contribution in [3.05, 3.63) is 48.0 Å². The van der Waals surface area contributed by atoms with Crippen molar-refractivity contribution < 1.29 is 36.2 Å². The second-order valence-electron chi connectivity index (χ2n) is 9.16. The predicted molar refractivity (Wildman–Crippen MR) is 139 cm³/mol. The van der Waals surface area contributed by atoms with Crippen LogP contribution in [0.4, 0.5) is 5.69 Å². The summed E-state index contributed by atoms with van der Waals surface area (Å²) in [7, 11) is -4.53. The summed E-state index contributed by atoms with van der Waals surface area (Å²) >= 11 is 0. The minimum Gasteiger partial charge on any atom is -0.497 e. The molecule has 1 aliphatic heterocycles. The van der Waals surface area contributed by atoms with Crippen LogP contribution in [-0.4, -0.2) is 89.3 Å². The van der Waals surface area contributed by atoms with Gasteiger partial charge in [0.25, 0.3) is 15.9 Å². The Bertz CT molecular complexity index is 1330. The second kappa shape index (κ2) is 11.3. The van der Waals surface area contributed by atoms with Gasteiger partial charge in [0.1, 0.15) is 17.6 Å². The van der Waals surface area contributed by atoms with E-state index in [-0.39, 0.29) is 47.5 Å². The number of hydrogen-bond donors (Lipinski definition) is 2. The van der Waals surface area contributed by atoms with Crippen molar-refractivity contribution in [2.75, 3.05) is 44.8 Å². The Kier molecular flexibility index (Phi) is 8.73. The van der Waals surface area contributed by atoms with Crippen molar-refractivity contribution in [1.82, 2.24) is 9.21 Å². The number of aliphatic hydroxyl groups excluding tert-OH is 1. The summed E-state index contributed by atoms with van der Waals surface area (Å²) in [6.07, 6.45) is 0.487. The van der Waals surface area contributed by atoms with Gasteiger partial charge in [0.2, 0.25) is 10.0 Å². The third kappa shape index (κ3) is 6.72. The highest BCUT2D eigenvalue weighted by atomic mass is 32.2. The van der Waals surface area contributed by atoms with Gasteiger partial charge in [-0.3, -0.25) is 9.52 Å². The predicted octanol–water partition coefficient (Wildman–Crippen LogP) is 1.61. The molecule has 2 aromatic rings. The van der Waals surface area contributed by atoms with E-state index < -0.39 is 38.1 Å². The quantitative estimate of drug-likeness (QED) is 0.475. The number of carbonyl (C=O) groups is 1. The fraction of sp³-hybridized carbons (Fsp3) is 0.458. The van der Waals surface area contributed by atoms with Gasteiger partial charge in [-0.05, 0) is 49.4 Å². The number of nitrogens with one attached hydrogen (secondary N) is 1. The van der Waals surface area contributed by atoms with E-state index in [1.807, 2.05) is 6.92 Å². The molecule has 3 rings (SSSR count). The fourth-order valence-corrected chi connectivity index (χ4v) is 5.33. The largest absolute Gasteiger partial charge is 0.497 e. The number of fused-ring (bicyclic) bond motifs is 1. The van der Waals surface area contributed by atoms with Crippen molar-refractivity contribution in [1.29, 1.82) is 0 Å². The van der Waals surface area contributed by atoms with E-state index in [9.17, 15) is 26.7 Å². The Morgan fingerprint density at radius 1 is 1.19 bits per heavy atom. The number of hydrogen-bond acceptors (Lipinski definition) is 8. The highest BCUT2D eigenvalue weighted by molar-refractivity contribution is 7.92. The van der Waals surface area contributed by atoms with E-state index in [0.717, 1.165) is 6.26 Å². The molecule has 11 nitrogen and oxygen atoms in total. The number of ether oxygens (including phenoxy) is 2. The molecule has 1 aliphatic rings. The number of carbonyl (C=O) groups excluding carboxylic acids is 1. The summed E-state index contributed by atoms with van der Waals surface area (Å²) in [5.74, 6) is -0.0236. The van der Waals surface area contributed by atoms with Gasteiger partial charge in [0, 0.05) is 25.2 Å². The highest BCUT2D eigenvalue weighted by Crippen LogP contribution is 2.31. The number of methoxy groups -OCH3 is 1. The standard InChI is InChI=1S/C24H33N3O8S2/c1-16-13-27(17(2)15-28)24(29)21-12-18(25-37(32,33)20-9-7-19(34-4)8-10-20)6-11-22(21)35-23(16)14-26(3)36(5,30)31/h6-12,16-17,23,25,28H,13-15H2,1-5H3/t16-,17-,23-/m1/s1. The molecule has 2 N–H and O–H groups in total. The van der Waals surface area contributed by atoms with Crippen molar-refractivity contribution in [2.24, 2.45) is 5.92 Å². The van der Waals surface area contributed by atoms with Gasteiger partial charge in [-0.15, -0.1) is 0 Å². The number of anilines is 1.